The number of amides is 1. The fourth-order valence-corrected chi connectivity index (χ4v) is 3.84. The van der Waals surface area contributed by atoms with Crippen LogP contribution in [-0.4, -0.2) is 17.3 Å². The molecule has 7 heteroatoms. The summed E-state index contributed by atoms with van der Waals surface area (Å²) in [5.74, 6) is 0.746. The number of carbonyl (C=O) groups is 1. The van der Waals surface area contributed by atoms with E-state index in [-0.39, 0.29) is 24.9 Å². The fraction of sp³-hybridized carbons (Fsp3) is 0.158. The lowest BCUT2D eigenvalue weighted by molar-refractivity contribution is -0.117. The Bertz CT molecular complexity index is 1070. The summed E-state index contributed by atoms with van der Waals surface area (Å²) >= 11 is 1.40. The van der Waals surface area contributed by atoms with Gasteiger partial charge in [-0.1, -0.05) is 29.5 Å². The molecule has 4 rings (SSSR count). The van der Waals surface area contributed by atoms with Gasteiger partial charge in [0.15, 0.2) is 16.3 Å². The standard InChI is InChI=1S/C19H15FN2O3S/c1-2-7-22-14-9-15-16(25-11-24-15)10-17(14)26-19(22)21-18(23)8-12-3-5-13(20)6-4-12/h2-6,9-10H,1,7-8,11H2. The molecule has 0 N–H and O–H groups in total. The van der Waals surface area contributed by atoms with Gasteiger partial charge in [0.1, 0.15) is 5.82 Å². The highest BCUT2D eigenvalue weighted by atomic mass is 32.1. The van der Waals surface area contributed by atoms with Gasteiger partial charge in [-0.3, -0.25) is 4.79 Å². The van der Waals surface area contributed by atoms with Crippen molar-refractivity contribution in [3.8, 4) is 11.5 Å². The molecule has 2 heterocycles. The lowest BCUT2D eigenvalue weighted by Crippen LogP contribution is -2.16. The average molecular weight is 370 g/mol. The van der Waals surface area contributed by atoms with Crippen molar-refractivity contribution in [3.63, 3.8) is 0 Å². The maximum Gasteiger partial charge on any atom is 0.252 e. The number of allylic oxidation sites excluding steroid dienone is 1. The van der Waals surface area contributed by atoms with Crippen LogP contribution < -0.4 is 14.3 Å². The second kappa shape index (κ2) is 6.76. The molecule has 0 unspecified atom stereocenters. The summed E-state index contributed by atoms with van der Waals surface area (Å²) in [4.78, 5) is 17.2. The number of fused-ring (bicyclic) bond motifs is 2. The number of ether oxygens (including phenoxy) is 2. The minimum Gasteiger partial charge on any atom is -0.454 e. The monoisotopic (exact) mass is 370 g/mol. The Balaban J connectivity index is 1.73. The first-order chi connectivity index (χ1) is 12.6. The number of hydrogen-bond acceptors (Lipinski definition) is 4. The largest absolute Gasteiger partial charge is 0.454 e. The van der Waals surface area contributed by atoms with Crippen molar-refractivity contribution in [1.29, 1.82) is 0 Å². The highest BCUT2D eigenvalue weighted by Crippen LogP contribution is 2.36. The van der Waals surface area contributed by atoms with E-state index in [2.05, 4.69) is 11.6 Å². The lowest BCUT2D eigenvalue weighted by Gasteiger charge is -2.02. The minimum absolute atomic E-state index is 0.116. The predicted octanol–water partition coefficient (Wildman–Crippen LogP) is 3.43. The summed E-state index contributed by atoms with van der Waals surface area (Å²) in [5, 5.41) is 0. The second-order valence-corrected chi connectivity index (χ2v) is 6.77. The first-order valence-corrected chi connectivity index (χ1v) is 8.81. The van der Waals surface area contributed by atoms with E-state index in [0.29, 0.717) is 22.8 Å². The molecule has 0 atom stereocenters. The van der Waals surface area contributed by atoms with Crippen molar-refractivity contribution in [3.05, 3.63) is 65.2 Å². The van der Waals surface area contributed by atoms with Gasteiger partial charge in [-0.25, -0.2) is 4.39 Å². The Hall–Kier alpha value is -2.93. The molecule has 0 saturated heterocycles. The van der Waals surface area contributed by atoms with Crippen LogP contribution in [0, 0.1) is 5.82 Å². The zero-order valence-corrected chi connectivity index (χ0v) is 14.6. The van der Waals surface area contributed by atoms with Crippen molar-refractivity contribution in [2.45, 2.75) is 13.0 Å². The predicted molar refractivity (Wildman–Crippen MR) is 96.8 cm³/mol. The molecule has 1 aromatic heterocycles. The van der Waals surface area contributed by atoms with E-state index in [9.17, 15) is 9.18 Å². The van der Waals surface area contributed by atoms with Crippen LogP contribution in [0.3, 0.4) is 0 Å². The molecule has 1 aliphatic heterocycles. The van der Waals surface area contributed by atoms with Crippen LogP contribution in [0.2, 0.25) is 0 Å². The molecule has 2 aromatic carbocycles. The van der Waals surface area contributed by atoms with E-state index in [4.69, 9.17) is 9.47 Å². The van der Waals surface area contributed by atoms with Gasteiger partial charge >= 0.3 is 0 Å². The third-order valence-electron chi connectivity index (χ3n) is 3.98. The van der Waals surface area contributed by atoms with Crippen LogP contribution >= 0.6 is 11.3 Å². The Morgan fingerprint density at radius 2 is 2.00 bits per heavy atom. The summed E-state index contributed by atoms with van der Waals surface area (Å²) in [6.07, 6.45) is 1.87. The number of rotatable bonds is 4. The molecule has 132 valence electrons. The van der Waals surface area contributed by atoms with Crippen LogP contribution in [-0.2, 0) is 17.8 Å². The SMILES string of the molecule is C=CCn1c(=NC(=O)Cc2ccc(F)cc2)sc2cc3c(cc21)OCO3. The van der Waals surface area contributed by atoms with Crippen molar-refractivity contribution in [2.24, 2.45) is 4.99 Å². The topological polar surface area (TPSA) is 52.8 Å². The second-order valence-electron chi connectivity index (χ2n) is 5.77. The minimum atomic E-state index is -0.330. The molecule has 0 radical (unpaired) electrons. The van der Waals surface area contributed by atoms with Crippen molar-refractivity contribution < 1.29 is 18.7 Å². The third kappa shape index (κ3) is 3.13. The Kier molecular flexibility index (Phi) is 4.30. The quantitative estimate of drug-likeness (QED) is 0.661. The lowest BCUT2D eigenvalue weighted by atomic mass is 10.1. The van der Waals surface area contributed by atoms with Gasteiger partial charge < -0.3 is 14.0 Å². The van der Waals surface area contributed by atoms with Gasteiger partial charge in [0, 0.05) is 18.7 Å². The molecule has 0 spiro atoms. The number of carbonyl (C=O) groups excluding carboxylic acids is 1. The highest BCUT2D eigenvalue weighted by Gasteiger charge is 2.17. The molecule has 0 saturated carbocycles. The van der Waals surface area contributed by atoms with Gasteiger partial charge in [0.2, 0.25) is 6.79 Å². The number of benzene rings is 2. The van der Waals surface area contributed by atoms with E-state index >= 15 is 0 Å². The first-order valence-electron chi connectivity index (χ1n) is 8.00. The third-order valence-corrected chi connectivity index (χ3v) is 5.02. The van der Waals surface area contributed by atoms with E-state index in [1.54, 1.807) is 18.2 Å². The van der Waals surface area contributed by atoms with Crippen LogP contribution in [0.25, 0.3) is 10.2 Å². The number of hydrogen-bond donors (Lipinski definition) is 0. The summed E-state index contributed by atoms with van der Waals surface area (Å²) in [6, 6.07) is 9.63. The Morgan fingerprint density at radius 3 is 2.73 bits per heavy atom. The molecule has 0 bridgehead atoms. The van der Waals surface area contributed by atoms with Crippen LogP contribution in [0.1, 0.15) is 5.56 Å². The highest BCUT2D eigenvalue weighted by molar-refractivity contribution is 7.16. The normalized spacial score (nSPS) is 13.3. The van der Waals surface area contributed by atoms with Gasteiger partial charge in [0.25, 0.3) is 5.91 Å². The molecular formula is C19H15FN2O3S. The van der Waals surface area contributed by atoms with Crippen molar-refractivity contribution in [1.82, 2.24) is 4.57 Å². The molecule has 3 aromatic rings. The number of halogens is 1. The summed E-state index contributed by atoms with van der Waals surface area (Å²) in [6.45, 7) is 4.50. The fourth-order valence-electron chi connectivity index (χ4n) is 2.77. The number of aromatic nitrogens is 1. The van der Waals surface area contributed by atoms with E-state index in [1.807, 2.05) is 16.7 Å². The van der Waals surface area contributed by atoms with Gasteiger partial charge in [-0.15, -0.1) is 6.58 Å². The Morgan fingerprint density at radius 1 is 1.27 bits per heavy atom. The summed E-state index contributed by atoms with van der Waals surface area (Å²) in [7, 11) is 0. The van der Waals surface area contributed by atoms with Crippen LogP contribution in [0.4, 0.5) is 4.39 Å². The molecule has 5 nitrogen and oxygen atoms in total. The van der Waals surface area contributed by atoms with Gasteiger partial charge in [-0.2, -0.15) is 4.99 Å². The summed E-state index contributed by atoms with van der Waals surface area (Å²) in [5.41, 5.74) is 1.63. The van der Waals surface area contributed by atoms with E-state index in [1.165, 1.54) is 23.5 Å². The van der Waals surface area contributed by atoms with Crippen molar-refractivity contribution >= 4 is 27.5 Å². The van der Waals surface area contributed by atoms with Crippen molar-refractivity contribution in [2.75, 3.05) is 6.79 Å². The number of thiazole rings is 1. The van der Waals surface area contributed by atoms with Crippen LogP contribution in [0.5, 0.6) is 11.5 Å². The maximum atomic E-state index is 13.0. The molecule has 0 aliphatic carbocycles. The Labute approximate surface area is 152 Å². The maximum absolute atomic E-state index is 13.0. The molecular weight excluding hydrogens is 355 g/mol. The van der Waals surface area contributed by atoms with Gasteiger partial charge in [0.05, 0.1) is 16.6 Å². The summed E-state index contributed by atoms with van der Waals surface area (Å²) < 4.78 is 26.7. The van der Waals surface area contributed by atoms with Gasteiger partial charge in [-0.05, 0) is 17.7 Å². The smallest absolute Gasteiger partial charge is 0.252 e. The molecule has 1 amide bonds. The molecule has 26 heavy (non-hydrogen) atoms. The zero-order valence-electron chi connectivity index (χ0n) is 13.8. The average Bonchev–Trinajstić information content (AvgIpc) is 3.20. The van der Waals surface area contributed by atoms with Crippen LogP contribution in [0.15, 0.2) is 54.0 Å². The zero-order chi connectivity index (χ0) is 18.1. The van der Waals surface area contributed by atoms with E-state index in [0.717, 1.165) is 15.8 Å². The molecule has 1 aliphatic rings. The molecule has 0 fully saturated rings. The first kappa shape index (κ1) is 16.5. The van der Waals surface area contributed by atoms with E-state index < -0.39 is 0 Å². The number of nitrogens with zero attached hydrogens (tertiary/aromatic N) is 2.